The van der Waals surface area contributed by atoms with Crippen LogP contribution in [0.5, 0.6) is 0 Å². The van der Waals surface area contributed by atoms with Crippen molar-refractivity contribution in [2.24, 2.45) is 0 Å². The van der Waals surface area contributed by atoms with Crippen LogP contribution in [0.4, 0.5) is 4.39 Å². The van der Waals surface area contributed by atoms with E-state index in [2.05, 4.69) is 4.72 Å². The van der Waals surface area contributed by atoms with Crippen molar-refractivity contribution >= 4 is 10.0 Å². The van der Waals surface area contributed by atoms with Crippen LogP contribution in [0.15, 0.2) is 53.4 Å². The molecule has 0 saturated carbocycles. The van der Waals surface area contributed by atoms with Gasteiger partial charge >= 0.3 is 0 Å². The average Bonchev–Trinajstić information content (AvgIpc) is 2.51. The van der Waals surface area contributed by atoms with E-state index in [4.69, 9.17) is 0 Å². The van der Waals surface area contributed by atoms with E-state index < -0.39 is 15.8 Å². The molecule has 22 heavy (non-hydrogen) atoms. The fourth-order valence-corrected chi connectivity index (χ4v) is 3.71. The van der Waals surface area contributed by atoms with Crippen molar-refractivity contribution in [3.8, 4) is 0 Å². The van der Waals surface area contributed by atoms with Gasteiger partial charge in [0, 0.05) is 6.54 Å². The van der Waals surface area contributed by atoms with Crippen LogP contribution in [0.25, 0.3) is 0 Å². The second-order valence-corrected chi connectivity index (χ2v) is 7.01. The van der Waals surface area contributed by atoms with Gasteiger partial charge in [-0.1, -0.05) is 43.3 Å². The lowest BCUT2D eigenvalue weighted by Crippen LogP contribution is -2.29. The van der Waals surface area contributed by atoms with Crippen molar-refractivity contribution in [1.82, 2.24) is 4.72 Å². The Morgan fingerprint density at radius 3 is 2.45 bits per heavy atom. The first kappa shape index (κ1) is 16.6. The van der Waals surface area contributed by atoms with Crippen LogP contribution in [-0.4, -0.2) is 15.0 Å². The Kier molecular flexibility index (Phi) is 5.32. The molecule has 0 fully saturated rings. The molecular formula is C17H20FNO2S. The second-order valence-electron chi connectivity index (χ2n) is 5.28. The molecule has 0 aliphatic rings. The molecule has 118 valence electrons. The molecule has 0 heterocycles. The molecular weight excluding hydrogens is 301 g/mol. The number of rotatable bonds is 6. The minimum absolute atomic E-state index is 0.00425. The third-order valence-corrected chi connectivity index (χ3v) is 5.29. The highest BCUT2D eigenvalue weighted by Crippen LogP contribution is 2.20. The molecule has 2 aromatic rings. The Labute approximate surface area is 131 Å². The summed E-state index contributed by atoms with van der Waals surface area (Å²) in [5.41, 5.74) is 1.62. The number of hydrogen-bond donors (Lipinski definition) is 1. The Bertz CT molecular complexity index is 730. The number of hydrogen-bond acceptors (Lipinski definition) is 2. The monoisotopic (exact) mass is 321 g/mol. The van der Waals surface area contributed by atoms with E-state index in [9.17, 15) is 12.8 Å². The third kappa shape index (κ3) is 3.93. The molecule has 0 aliphatic carbocycles. The van der Waals surface area contributed by atoms with Crippen LogP contribution in [0, 0.1) is 12.7 Å². The van der Waals surface area contributed by atoms with E-state index in [0.29, 0.717) is 12.1 Å². The SMILES string of the molecule is CCC(CNS(=O)(=O)c1cc(F)ccc1C)c1ccccc1. The third-order valence-electron chi connectivity index (χ3n) is 3.72. The normalized spacial score (nSPS) is 13.0. The summed E-state index contributed by atoms with van der Waals surface area (Å²) in [4.78, 5) is -0.00425. The van der Waals surface area contributed by atoms with Gasteiger partial charge in [-0.2, -0.15) is 0 Å². The molecule has 0 aromatic heterocycles. The lowest BCUT2D eigenvalue weighted by molar-refractivity contribution is 0.562. The van der Waals surface area contributed by atoms with Crippen LogP contribution in [0.1, 0.15) is 30.4 Å². The van der Waals surface area contributed by atoms with E-state index >= 15 is 0 Å². The van der Waals surface area contributed by atoms with Crippen LogP contribution in [-0.2, 0) is 10.0 Å². The predicted octanol–water partition coefficient (Wildman–Crippen LogP) is 3.61. The van der Waals surface area contributed by atoms with Crippen molar-refractivity contribution in [3.63, 3.8) is 0 Å². The number of benzene rings is 2. The van der Waals surface area contributed by atoms with Gasteiger partial charge in [0.05, 0.1) is 4.90 Å². The Morgan fingerprint density at radius 1 is 1.14 bits per heavy atom. The first-order valence-electron chi connectivity index (χ1n) is 7.25. The Hall–Kier alpha value is -1.72. The first-order valence-corrected chi connectivity index (χ1v) is 8.73. The molecule has 0 amide bonds. The minimum atomic E-state index is -3.72. The van der Waals surface area contributed by atoms with Gasteiger partial charge in [0.25, 0.3) is 0 Å². The van der Waals surface area contributed by atoms with Crippen LogP contribution in [0.2, 0.25) is 0 Å². The molecule has 0 saturated heterocycles. The van der Waals surface area contributed by atoms with Crippen molar-refractivity contribution in [1.29, 1.82) is 0 Å². The molecule has 2 aromatic carbocycles. The lowest BCUT2D eigenvalue weighted by atomic mass is 9.97. The minimum Gasteiger partial charge on any atom is -0.211 e. The van der Waals surface area contributed by atoms with Crippen molar-refractivity contribution in [2.75, 3.05) is 6.54 Å². The summed E-state index contributed by atoms with van der Waals surface area (Å²) in [5.74, 6) is -0.467. The highest BCUT2D eigenvalue weighted by Gasteiger charge is 2.19. The maximum atomic E-state index is 13.3. The van der Waals surface area contributed by atoms with Gasteiger partial charge in [0.1, 0.15) is 5.82 Å². The fourth-order valence-electron chi connectivity index (χ4n) is 2.37. The van der Waals surface area contributed by atoms with Crippen molar-refractivity contribution in [3.05, 3.63) is 65.5 Å². The van der Waals surface area contributed by atoms with E-state index in [0.717, 1.165) is 18.1 Å². The summed E-state index contributed by atoms with van der Waals surface area (Å²) in [5, 5.41) is 0. The van der Waals surface area contributed by atoms with Gasteiger partial charge in [0.2, 0.25) is 10.0 Å². The zero-order valence-electron chi connectivity index (χ0n) is 12.7. The number of sulfonamides is 1. The smallest absolute Gasteiger partial charge is 0.211 e. The summed E-state index contributed by atoms with van der Waals surface area (Å²) in [6.45, 7) is 3.96. The van der Waals surface area contributed by atoms with Gasteiger partial charge in [-0.15, -0.1) is 0 Å². The van der Waals surface area contributed by atoms with Gasteiger partial charge in [-0.3, -0.25) is 0 Å². The molecule has 0 radical (unpaired) electrons. The summed E-state index contributed by atoms with van der Waals surface area (Å²) >= 11 is 0. The molecule has 0 bridgehead atoms. The highest BCUT2D eigenvalue weighted by molar-refractivity contribution is 7.89. The topological polar surface area (TPSA) is 46.2 Å². The standard InChI is InChI=1S/C17H20FNO2S/c1-3-14(15-7-5-4-6-8-15)12-19-22(20,21)17-11-16(18)10-9-13(17)2/h4-11,14,19H,3,12H2,1-2H3. The quantitative estimate of drug-likeness (QED) is 0.883. The number of halogens is 1. The summed E-state index contributed by atoms with van der Waals surface area (Å²) in [7, 11) is -3.72. The molecule has 0 spiro atoms. The molecule has 5 heteroatoms. The number of nitrogens with one attached hydrogen (secondary N) is 1. The second kappa shape index (κ2) is 7.03. The van der Waals surface area contributed by atoms with E-state index in [1.165, 1.54) is 12.1 Å². The van der Waals surface area contributed by atoms with Crippen LogP contribution < -0.4 is 4.72 Å². The van der Waals surface area contributed by atoms with Crippen LogP contribution in [0.3, 0.4) is 0 Å². The maximum Gasteiger partial charge on any atom is 0.240 e. The van der Waals surface area contributed by atoms with Gasteiger partial charge in [-0.05, 0) is 42.5 Å². The average molecular weight is 321 g/mol. The van der Waals surface area contributed by atoms with E-state index in [1.54, 1.807) is 6.92 Å². The fraction of sp³-hybridized carbons (Fsp3) is 0.294. The maximum absolute atomic E-state index is 13.3. The largest absolute Gasteiger partial charge is 0.240 e. The molecule has 0 aliphatic heterocycles. The molecule has 1 N–H and O–H groups in total. The van der Waals surface area contributed by atoms with Crippen LogP contribution >= 0.6 is 0 Å². The van der Waals surface area contributed by atoms with Gasteiger partial charge < -0.3 is 0 Å². The molecule has 3 nitrogen and oxygen atoms in total. The predicted molar refractivity (Wildman–Crippen MR) is 85.8 cm³/mol. The van der Waals surface area contributed by atoms with Crippen molar-refractivity contribution in [2.45, 2.75) is 31.1 Å². The summed E-state index contributed by atoms with van der Waals surface area (Å²) < 4.78 is 40.7. The molecule has 1 unspecified atom stereocenters. The van der Waals surface area contributed by atoms with E-state index in [1.807, 2.05) is 37.3 Å². The van der Waals surface area contributed by atoms with Gasteiger partial charge in [0.15, 0.2) is 0 Å². The zero-order chi connectivity index (χ0) is 16.2. The molecule has 2 rings (SSSR count). The van der Waals surface area contributed by atoms with E-state index in [-0.39, 0.29) is 10.8 Å². The Balaban J connectivity index is 2.17. The van der Waals surface area contributed by atoms with Crippen molar-refractivity contribution < 1.29 is 12.8 Å². The number of aryl methyl sites for hydroxylation is 1. The first-order chi connectivity index (χ1) is 10.4. The zero-order valence-corrected chi connectivity index (χ0v) is 13.5. The summed E-state index contributed by atoms with van der Waals surface area (Å²) in [6, 6.07) is 13.5. The Morgan fingerprint density at radius 2 is 1.82 bits per heavy atom. The summed E-state index contributed by atoms with van der Waals surface area (Å²) in [6.07, 6.45) is 0.814. The highest BCUT2D eigenvalue weighted by atomic mass is 32.2. The lowest BCUT2D eigenvalue weighted by Gasteiger charge is -2.17. The van der Waals surface area contributed by atoms with Gasteiger partial charge in [-0.25, -0.2) is 17.5 Å². The molecule has 1 atom stereocenters.